The second-order valence-corrected chi connectivity index (χ2v) is 5.15. The summed E-state index contributed by atoms with van der Waals surface area (Å²) in [6.45, 7) is 3.21. The maximum Gasteiger partial charge on any atom is 0.224 e. The minimum Gasteiger partial charge on any atom is -0.338 e. The van der Waals surface area contributed by atoms with Gasteiger partial charge in [0.1, 0.15) is 0 Å². The molecule has 112 valence electrons. The minimum absolute atomic E-state index is 0.0673. The fraction of sp³-hybridized carbons (Fsp3) is 0.375. The summed E-state index contributed by atoms with van der Waals surface area (Å²) < 4.78 is 1.74. The molecule has 5 nitrogen and oxygen atoms in total. The second kappa shape index (κ2) is 7.04. The highest BCUT2D eigenvalue weighted by Gasteiger charge is 2.17. The highest BCUT2D eigenvalue weighted by molar-refractivity contribution is 5.77. The molecular formula is C16H22N4O. The molecule has 0 bridgehead atoms. The van der Waals surface area contributed by atoms with Crippen LogP contribution in [0.4, 0.5) is 0 Å². The monoisotopic (exact) mass is 286 g/mol. The van der Waals surface area contributed by atoms with Crippen molar-refractivity contribution in [2.75, 3.05) is 6.54 Å². The number of carbonyl (C=O) groups is 1. The number of carbonyl (C=O) groups excluding carboxylic acids is 1. The first-order chi connectivity index (χ1) is 10.1. The molecule has 1 atom stereocenters. The van der Waals surface area contributed by atoms with E-state index in [0.717, 1.165) is 11.1 Å². The molecule has 5 heteroatoms. The fourth-order valence-corrected chi connectivity index (χ4v) is 2.29. The molecule has 2 aromatic rings. The van der Waals surface area contributed by atoms with Crippen molar-refractivity contribution < 1.29 is 4.79 Å². The number of benzene rings is 1. The molecule has 0 radical (unpaired) electrons. The summed E-state index contributed by atoms with van der Waals surface area (Å²) in [5.74, 6) is 0.0673. The first-order valence-electron chi connectivity index (χ1n) is 7.16. The van der Waals surface area contributed by atoms with Crippen molar-refractivity contribution >= 4 is 5.91 Å². The Kier molecular flexibility index (Phi) is 5.11. The van der Waals surface area contributed by atoms with Gasteiger partial charge in [-0.25, -0.2) is 0 Å². The van der Waals surface area contributed by atoms with Crippen LogP contribution in [0, 0.1) is 0 Å². The van der Waals surface area contributed by atoms with Crippen LogP contribution in [0.2, 0.25) is 0 Å². The molecule has 0 aliphatic heterocycles. The van der Waals surface area contributed by atoms with Crippen LogP contribution < -0.4 is 5.73 Å². The Labute approximate surface area is 125 Å². The molecule has 1 heterocycles. The van der Waals surface area contributed by atoms with Crippen LogP contribution in [-0.4, -0.2) is 27.1 Å². The molecule has 1 aromatic heterocycles. The number of aromatic nitrogens is 2. The number of amides is 1. The number of aryl methyl sites for hydroxylation is 1. The summed E-state index contributed by atoms with van der Waals surface area (Å²) >= 11 is 0. The third kappa shape index (κ3) is 4.16. The Hall–Kier alpha value is -2.14. The lowest BCUT2D eigenvalue weighted by Crippen LogP contribution is -2.32. The highest BCUT2D eigenvalue weighted by atomic mass is 16.2. The first kappa shape index (κ1) is 15.3. The Morgan fingerprint density at radius 2 is 2.10 bits per heavy atom. The van der Waals surface area contributed by atoms with Crippen molar-refractivity contribution in [3.63, 3.8) is 0 Å². The van der Waals surface area contributed by atoms with E-state index in [1.165, 1.54) is 0 Å². The summed E-state index contributed by atoms with van der Waals surface area (Å²) in [4.78, 5) is 14.2. The average Bonchev–Trinajstić information content (AvgIpc) is 2.90. The summed E-state index contributed by atoms with van der Waals surface area (Å²) in [7, 11) is 1.87. The van der Waals surface area contributed by atoms with E-state index in [0.29, 0.717) is 19.5 Å². The Bertz CT molecular complexity index is 579. The van der Waals surface area contributed by atoms with Gasteiger partial charge in [0.25, 0.3) is 0 Å². The van der Waals surface area contributed by atoms with Crippen molar-refractivity contribution in [3.05, 3.63) is 53.9 Å². The first-order valence-corrected chi connectivity index (χ1v) is 7.16. The van der Waals surface area contributed by atoms with Gasteiger partial charge in [-0.1, -0.05) is 30.3 Å². The van der Waals surface area contributed by atoms with Crippen molar-refractivity contribution in [1.29, 1.82) is 0 Å². The molecule has 0 saturated carbocycles. The molecule has 0 aliphatic rings. The summed E-state index contributed by atoms with van der Waals surface area (Å²) in [5, 5.41) is 4.13. The number of hydrogen-bond acceptors (Lipinski definition) is 3. The fourth-order valence-electron chi connectivity index (χ4n) is 2.29. The Morgan fingerprint density at radius 1 is 1.38 bits per heavy atom. The summed E-state index contributed by atoms with van der Waals surface area (Å²) in [6, 6.07) is 9.46. The zero-order valence-corrected chi connectivity index (χ0v) is 12.6. The molecule has 2 rings (SSSR count). The van der Waals surface area contributed by atoms with Crippen molar-refractivity contribution in [2.45, 2.75) is 25.9 Å². The van der Waals surface area contributed by atoms with E-state index < -0.39 is 0 Å². The molecule has 2 N–H and O–H groups in total. The van der Waals surface area contributed by atoms with Crippen molar-refractivity contribution in [2.24, 2.45) is 12.8 Å². The van der Waals surface area contributed by atoms with Crippen LogP contribution in [0.15, 0.2) is 42.7 Å². The van der Waals surface area contributed by atoms with E-state index in [9.17, 15) is 4.79 Å². The quantitative estimate of drug-likeness (QED) is 0.881. The van der Waals surface area contributed by atoms with Crippen molar-refractivity contribution in [1.82, 2.24) is 14.7 Å². The van der Waals surface area contributed by atoms with E-state index in [1.54, 1.807) is 15.8 Å². The molecule has 0 saturated heterocycles. The lowest BCUT2D eigenvalue weighted by molar-refractivity contribution is -0.132. The highest BCUT2D eigenvalue weighted by Crippen LogP contribution is 2.15. The molecule has 0 aliphatic carbocycles. The third-order valence-corrected chi connectivity index (χ3v) is 3.49. The molecule has 0 fully saturated rings. The maximum absolute atomic E-state index is 12.4. The van der Waals surface area contributed by atoms with Gasteiger partial charge < -0.3 is 10.6 Å². The number of nitrogens with zero attached hydrogens (tertiary/aromatic N) is 3. The topological polar surface area (TPSA) is 64.2 Å². The minimum atomic E-state index is -0.262. The van der Waals surface area contributed by atoms with E-state index in [1.807, 2.05) is 50.5 Å². The molecular weight excluding hydrogens is 264 g/mol. The second-order valence-electron chi connectivity index (χ2n) is 5.15. The Balaban J connectivity index is 1.97. The van der Waals surface area contributed by atoms with E-state index in [2.05, 4.69) is 5.10 Å². The predicted molar refractivity (Wildman–Crippen MR) is 82.3 cm³/mol. The van der Waals surface area contributed by atoms with Gasteiger partial charge in [0, 0.05) is 44.4 Å². The normalized spacial score (nSPS) is 12.1. The maximum atomic E-state index is 12.4. The summed E-state index contributed by atoms with van der Waals surface area (Å²) in [6.07, 6.45) is 4.03. The van der Waals surface area contributed by atoms with Gasteiger partial charge in [-0.05, 0) is 12.5 Å². The predicted octanol–water partition coefficient (Wildman–Crippen LogP) is 1.86. The summed E-state index contributed by atoms with van der Waals surface area (Å²) in [5.41, 5.74) is 8.14. The SMILES string of the molecule is CCN(Cc1cnn(C)c1)C(=O)CC(N)c1ccccc1. The van der Waals surface area contributed by atoms with Crippen LogP contribution in [0.1, 0.15) is 30.5 Å². The molecule has 1 amide bonds. The standard InChI is InChI=1S/C16H22N4O/c1-3-20(12-13-10-18-19(2)11-13)16(21)9-15(17)14-7-5-4-6-8-14/h4-8,10-11,15H,3,9,12,17H2,1-2H3. The van der Waals surface area contributed by atoms with E-state index >= 15 is 0 Å². The van der Waals surface area contributed by atoms with Gasteiger partial charge in [-0.3, -0.25) is 9.48 Å². The van der Waals surface area contributed by atoms with Gasteiger partial charge in [-0.2, -0.15) is 5.10 Å². The van der Waals surface area contributed by atoms with Gasteiger partial charge in [0.15, 0.2) is 0 Å². The van der Waals surface area contributed by atoms with Gasteiger partial charge >= 0.3 is 0 Å². The van der Waals surface area contributed by atoms with Crippen molar-refractivity contribution in [3.8, 4) is 0 Å². The smallest absolute Gasteiger partial charge is 0.224 e. The molecule has 0 spiro atoms. The number of hydrogen-bond donors (Lipinski definition) is 1. The zero-order chi connectivity index (χ0) is 15.2. The molecule has 1 aromatic carbocycles. The number of nitrogens with two attached hydrogens (primary N) is 1. The van der Waals surface area contributed by atoms with Gasteiger partial charge in [-0.15, -0.1) is 0 Å². The largest absolute Gasteiger partial charge is 0.338 e. The van der Waals surface area contributed by atoms with Crippen LogP contribution in [0.5, 0.6) is 0 Å². The molecule has 21 heavy (non-hydrogen) atoms. The van der Waals surface area contributed by atoms with Gasteiger partial charge in [0.05, 0.1) is 6.20 Å². The van der Waals surface area contributed by atoms with Crippen LogP contribution in [-0.2, 0) is 18.4 Å². The third-order valence-electron chi connectivity index (χ3n) is 3.49. The lowest BCUT2D eigenvalue weighted by Gasteiger charge is -2.22. The van der Waals surface area contributed by atoms with Gasteiger partial charge in [0.2, 0.25) is 5.91 Å². The lowest BCUT2D eigenvalue weighted by atomic mass is 10.0. The zero-order valence-electron chi connectivity index (χ0n) is 12.6. The average molecular weight is 286 g/mol. The van der Waals surface area contributed by atoms with E-state index in [-0.39, 0.29) is 11.9 Å². The Morgan fingerprint density at radius 3 is 2.67 bits per heavy atom. The number of rotatable bonds is 6. The molecule has 1 unspecified atom stereocenters. The van der Waals surface area contributed by atoms with Crippen LogP contribution in [0.25, 0.3) is 0 Å². The van der Waals surface area contributed by atoms with Crippen LogP contribution in [0.3, 0.4) is 0 Å². The van der Waals surface area contributed by atoms with E-state index in [4.69, 9.17) is 5.73 Å². The van der Waals surface area contributed by atoms with Crippen LogP contribution >= 0.6 is 0 Å².